The zero-order chi connectivity index (χ0) is 23.8. The van der Waals surface area contributed by atoms with Crippen LogP contribution in [0, 0.1) is 6.92 Å². The van der Waals surface area contributed by atoms with Gasteiger partial charge >= 0.3 is 0 Å². The van der Waals surface area contributed by atoms with E-state index in [1.165, 1.54) is 29.5 Å². The quantitative estimate of drug-likeness (QED) is 0.230. The van der Waals surface area contributed by atoms with Crippen molar-refractivity contribution in [2.24, 2.45) is 0 Å². The van der Waals surface area contributed by atoms with Crippen molar-refractivity contribution in [3.05, 3.63) is 117 Å². The number of aromatic nitrogens is 2. The van der Waals surface area contributed by atoms with E-state index in [9.17, 15) is 4.79 Å². The Balaban J connectivity index is 1.51. The molecule has 1 spiro atoms. The van der Waals surface area contributed by atoms with Crippen molar-refractivity contribution < 1.29 is 0 Å². The maximum absolute atomic E-state index is 14.4. The molecule has 0 aliphatic heterocycles. The summed E-state index contributed by atoms with van der Waals surface area (Å²) >= 11 is 1.67. The third kappa shape index (κ3) is 4.14. The summed E-state index contributed by atoms with van der Waals surface area (Å²) in [5, 5.41) is 0.808. The molecule has 0 bridgehead atoms. The van der Waals surface area contributed by atoms with Gasteiger partial charge in [-0.3, -0.25) is 9.36 Å². The first kappa shape index (κ1) is 22.4. The van der Waals surface area contributed by atoms with E-state index in [4.69, 9.17) is 4.98 Å². The van der Waals surface area contributed by atoms with Crippen molar-refractivity contribution in [3.63, 3.8) is 0 Å². The van der Waals surface area contributed by atoms with Crippen molar-refractivity contribution >= 4 is 11.8 Å². The number of fused-ring (bicyclic) bond motifs is 4. The molecule has 2 aliphatic rings. The molecule has 6 rings (SSSR count). The number of thioether (sulfide) groups is 1. The monoisotopic (exact) mass is 478 g/mol. The molecule has 176 valence electrons. The maximum atomic E-state index is 14.4. The smallest absolute Gasteiger partial charge is 0.258 e. The maximum Gasteiger partial charge on any atom is 0.258 e. The van der Waals surface area contributed by atoms with E-state index < -0.39 is 0 Å². The second-order valence-electron chi connectivity index (χ2n) is 10.1. The summed E-state index contributed by atoms with van der Waals surface area (Å²) in [5.41, 5.74) is 8.07. The van der Waals surface area contributed by atoms with Crippen molar-refractivity contribution in [1.29, 1.82) is 0 Å². The van der Waals surface area contributed by atoms with Crippen LogP contribution in [0.3, 0.4) is 0 Å². The molecule has 1 heterocycles. The predicted octanol–water partition coefficient (Wildman–Crippen LogP) is 6.93. The van der Waals surface area contributed by atoms with Gasteiger partial charge in [0.05, 0.1) is 17.8 Å². The van der Waals surface area contributed by atoms with Crippen LogP contribution in [-0.2, 0) is 24.1 Å². The Morgan fingerprint density at radius 1 is 0.886 bits per heavy atom. The van der Waals surface area contributed by atoms with Gasteiger partial charge in [0.2, 0.25) is 0 Å². The van der Waals surface area contributed by atoms with Crippen molar-refractivity contribution in [1.82, 2.24) is 9.55 Å². The SMILES string of the molecule is Cc1ccc(CSc2nc3c(c(=O)n2Cc2ccccc2)C2(CCCC2)Cc2ccccc2-3)cc1. The van der Waals surface area contributed by atoms with Crippen LogP contribution in [-0.4, -0.2) is 9.55 Å². The lowest BCUT2D eigenvalue weighted by atomic mass is 9.68. The molecule has 0 radical (unpaired) electrons. The van der Waals surface area contributed by atoms with E-state index in [0.29, 0.717) is 6.54 Å². The topological polar surface area (TPSA) is 34.9 Å². The first-order chi connectivity index (χ1) is 17.1. The van der Waals surface area contributed by atoms with Crippen LogP contribution in [0.4, 0.5) is 0 Å². The van der Waals surface area contributed by atoms with Gasteiger partial charge in [-0.05, 0) is 42.9 Å². The van der Waals surface area contributed by atoms with Crippen molar-refractivity contribution in [2.75, 3.05) is 0 Å². The highest BCUT2D eigenvalue weighted by molar-refractivity contribution is 7.98. The average molecular weight is 479 g/mol. The number of hydrogen-bond donors (Lipinski definition) is 0. The van der Waals surface area contributed by atoms with E-state index in [0.717, 1.165) is 52.6 Å². The lowest BCUT2D eigenvalue weighted by Gasteiger charge is -2.36. The molecule has 35 heavy (non-hydrogen) atoms. The van der Waals surface area contributed by atoms with Crippen LogP contribution in [0.25, 0.3) is 11.3 Å². The summed E-state index contributed by atoms with van der Waals surface area (Å²) in [6, 6.07) is 27.5. The highest BCUT2D eigenvalue weighted by Crippen LogP contribution is 2.50. The van der Waals surface area contributed by atoms with Gasteiger partial charge in [0.15, 0.2) is 5.16 Å². The van der Waals surface area contributed by atoms with Crippen LogP contribution >= 0.6 is 11.8 Å². The molecule has 1 saturated carbocycles. The summed E-state index contributed by atoms with van der Waals surface area (Å²) in [6.07, 6.45) is 5.47. The Morgan fingerprint density at radius 2 is 1.60 bits per heavy atom. The van der Waals surface area contributed by atoms with Gasteiger partial charge in [0.1, 0.15) is 0 Å². The Hall–Kier alpha value is -3.11. The molecule has 1 fully saturated rings. The lowest BCUT2D eigenvalue weighted by molar-refractivity contribution is 0.417. The van der Waals surface area contributed by atoms with Gasteiger partial charge in [-0.25, -0.2) is 4.98 Å². The minimum Gasteiger partial charge on any atom is -0.283 e. The molecule has 0 amide bonds. The summed E-state index contributed by atoms with van der Waals surface area (Å²) in [5.74, 6) is 0.785. The number of hydrogen-bond acceptors (Lipinski definition) is 3. The van der Waals surface area contributed by atoms with Gasteiger partial charge in [-0.15, -0.1) is 0 Å². The standard InChI is InChI=1S/C31H30N2OS/c1-22-13-15-24(16-14-22)21-35-30-32-28-26-12-6-5-11-25(26)19-31(17-7-8-18-31)27(28)29(34)33(30)20-23-9-3-2-4-10-23/h2-6,9-16H,7-8,17-21H2,1H3. The molecule has 0 N–H and O–H groups in total. The molecule has 0 saturated heterocycles. The fourth-order valence-corrected chi connectivity index (χ4v) is 6.84. The van der Waals surface area contributed by atoms with Crippen LogP contribution in [0.1, 0.15) is 53.5 Å². The van der Waals surface area contributed by atoms with Crippen LogP contribution < -0.4 is 5.56 Å². The lowest BCUT2D eigenvalue weighted by Crippen LogP contribution is -2.40. The molecular formula is C31H30N2OS. The van der Waals surface area contributed by atoms with Gasteiger partial charge in [0.25, 0.3) is 5.56 Å². The highest BCUT2D eigenvalue weighted by Gasteiger charge is 2.44. The molecule has 2 aliphatic carbocycles. The van der Waals surface area contributed by atoms with Crippen molar-refractivity contribution in [2.45, 2.75) is 61.9 Å². The highest BCUT2D eigenvalue weighted by atomic mass is 32.2. The molecule has 4 heteroatoms. The number of rotatable bonds is 5. The number of aryl methyl sites for hydroxylation is 1. The second kappa shape index (κ2) is 9.16. The Morgan fingerprint density at radius 3 is 2.37 bits per heavy atom. The van der Waals surface area contributed by atoms with Gasteiger partial charge in [-0.1, -0.05) is 109 Å². The largest absolute Gasteiger partial charge is 0.283 e. The molecule has 0 unspecified atom stereocenters. The zero-order valence-electron chi connectivity index (χ0n) is 20.2. The molecule has 1 aromatic heterocycles. The van der Waals surface area contributed by atoms with E-state index in [-0.39, 0.29) is 11.0 Å². The summed E-state index contributed by atoms with van der Waals surface area (Å²) < 4.78 is 1.95. The summed E-state index contributed by atoms with van der Waals surface area (Å²) in [6.45, 7) is 2.66. The third-order valence-electron chi connectivity index (χ3n) is 7.70. The van der Waals surface area contributed by atoms with Gasteiger partial charge < -0.3 is 0 Å². The predicted molar refractivity (Wildman–Crippen MR) is 144 cm³/mol. The number of nitrogens with zero attached hydrogens (tertiary/aromatic N) is 2. The Bertz CT molecular complexity index is 1420. The van der Waals surface area contributed by atoms with Gasteiger partial charge in [-0.2, -0.15) is 0 Å². The minimum absolute atomic E-state index is 0.0770. The van der Waals surface area contributed by atoms with E-state index in [1.807, 2.05) is 22.8 Å². The normalized spacial score (nSPS) is 15.7. The van der Waals surface area contributed by atoms with E-state index in [1.54, 1.807) is 11.8 Å². The Labute approximate surface area is 211 Å². The minimum atomic E-state index is -0.0770. The molecule has 3 aromatic carbocycles. The van der Waals surface area contributed by atoms with Crippen LogP contribution in [0.5, 0.6) is 0 Å². The first-order valence-electron chi connectivity index (χ1n) is 12.6. The summed E-state index contributed by atoms with van der Waals surface area (Å²) in [7, 11) is 0. The van der Waals surface area contributed by atoms with Crippen molar-refractivity contribution in [3.8, 4) is 11.3 Å². The average Bonchev–Trinajstić information content (AvgIpc) is 3.34. The van der Waals surface area contributed by atoms with E-state index >= 15 is 0 Å². The fourth-order valence-electron chi connectivity index (χ4n) is 5.89. The summed E-state index contributed by atoms with van der Waals surface area (Å²) in [4.78, 5) is 19.7. The first-order valence-corrected chi connectivity index (χ1v) is 13.6. The third-order valence-corrected chi connectivity index (χ3v) is 8.75. The Kier molecular flexibility index (Phi) is 5.85. The van der Waals surface area contributed by atoms with Gasteiger partial charge in [0, 0.05) is 16.7 Å². The van der Waals surface area contributed by atoms with Crippen LogP contribution in [0.15, 0.2) is 88.8 Å². The number of benzene rings is 3. The second-order valence-corrected chi connectivity index (χ2v) is 11.0. The van der Waals surface area contributed by atoms with Crippen LogP contribution in [0.2, 0.25) is 0 Å². The molecular weight excluding hydrogens is 448 g/mol. The molecule has 4 aromatic rings. The molecule has 0 atom stereocenters. The fraction of sp³-hybridized carbons (Fsp3) is 0.290. The van der Waals surface area contributed by atoms with E-state index in [2.05, 4.69) is 67.6 Å². The zero-order valence-corrected chi connectivity index (χ0v) is 21.0. The molecule has 3 nitrogen and oxygen atoms in total.